The Kier molecular flexibility index (Phi) is 9.75. The van der Waals surface area contributed by atoms with Crippen LogP contribution in [0.15, 0.2) is 247 Å². The molecular weight excluding hydrogens is 841 g/mol. The van der Waals surface area contributed by atoms with Gasteiger partial charge in [0.05, 0.1) is 45.2 Å². The van der Waals surface area contributed by atoms with Crippen molar-refractivity contribution in [3.8, 4) is 45.0 Å². The number of aromatic nitrogens is 4. The molecule has 0 radical (unpaired) electrons. The van der Waals surface area contributed by atoms with Crippen LogP contribution in [0.2, 0.25) is 0 Å². The van der Waals surface area contributed by atoms with Crippen molar-refractivity contribution in [2.75, 3.05) is 0 Å². The average Bonchev–Trinajstić information content (AvgIpc) is 3.94. The fraction of sp³-hybridized carbons (Fsp3) is 0.0476. The number of amidine groups is 1. The van der Waals surface area contributed by atoms with Crippen molar-refractivity contribution < 1.29 is 0 Å². The number of hydrogen-bond acceptors (Lipinski definition) is 4. The zero-order chi connectivity index (χ0) is 45.8. The van der Waals surface area contributed by atoms with Gasteiger partial charge in [-0.25, -0.2) is 4.99 Å². The van der Waals surface area contributed by atoms with E-state index in [2.05, 4.69) is 214 Å². The molecule has 12 aromatic rings. The van der Waals surface area contributed by atoms with Gasteiger partial charge in [-0.05, 0) is 107 Å². The quantitative estimate of drug-likeness (QED) is 0.153. The summed E-state index contributed by atoms with van der Waals surface area (Å²) >= 11 is 0. The van der Waals surface area contributed by atoms with E-state index in [-0.39, 0.29) is 12.0 Å². The molecule has 5 heterocycles. The summed E-state index contributed by atoms with van der Waals surface area (Å²) in [6.07, 6.45) is 3.66. The van der Waals surface area contributed by atoms with Crippen molar-refractivity contribution in [3.63, 3.8) is 0 Å². The largest absolute Gasteiger partial charge is 0.309 e. The normalized spacial score (nSPS) is 14.9. The predicted molar refractivity (Wildman–Crippen MR) is 285 cm³/mol. The standard InChI is InChI=1S/C63H44N6/c1-41-61(44-25-21-42(22-26-44)55-17-9-11-37-64-55)66-63(46-27-23-43(24-28-46)56-18-10-12-38-65-56)67-62(41)45-29-33-50(34-30-45)69-58-20-8-6-16-52(58)54-40-48(32-36-60(54)69)47-31-35-59-53(39-47)51-15-5-7-19-57(51)68(59)49-13-3-2-4-14-49/h2-41,61H,1H3. The second-order valence-corrected chi connectivity index (χ2v) is 17.9. The Labute approximate surface area is 399 Å². The lowest BCUT2D eigenvalue weighted by Crippen LogP contribution is -2.26. The first kappa shape index (κ1) is 40.3. The minimum Gasteiger partial charge on any atom is -0.309 e. The summed E-state index contributed by atoms with van der Waals surface area (Å²) in [6, 6.07) is 79.9. The van der Waals surface area contributed by atoms with Crippen LogP contribution in [-0.2, 0) is 0 Å². The van der Waals surface area contributed by atoms with Crippen molar-refractivity contribution in [2.45, 2.75) is 13.0 Å². The van der Waals surface area contributed by atoms with Crippen LogP contribution in [0.5, 0.6) is 0 Å². The maximum absolute atomic E-state index is 5.37. The van der Waals surface area contributed by atoms with Crippen LogP contribution in [0.4, 0.5) is 0 Å². The van der Waals surface area contributed by atoms with Gasteiger partial charge in [0.15, 0.2) is 5.84 Å². The maximum Gasteiger partial charge on any atom is 0.155 e. The lowest BCUT2D eigenvalue weighted by atomic mass is 9.86. The zero-order valence-corrected chi connectivity index (χ0v) is 37.9. The topological polar surface area (TPSA) is 60.4 Å². The summed E-state index contributed by atoms with van der Waals surface area (Å²) in [5.74, 6) is 0.728. The van der Waals surface area contributed by atoms with Gasteiger partial charge in [-0.1, -0.05) is 146 Å². The molecule has 2 unspecified atom stereocenters. The van der Waals surface area contributed by atoms with Crippen molar-refractivity contribution in [1.29, 1.82) is 0 Å². The molecule has 1 aliphatic rings. The molecule has 69 heavy (non-hydrogen) atoms. The molecule has 0 aliphatic carbocycles. The van der Waals surface area contributed by atoms with Crippen LogP contribution >= 0.6 is 0 Å². The van der Waals surface area contributed by atoms with Gasteiger partial charge < -0.3 is 9.13 Å². The predicted octanol–water partition coefficient (Wildman–Crippen LogP) is 15.3. The summed E-state index contributed by atoms with van der Waals surface area (Å²) in [4.78, 5) is 19.9. The van der Waals surface area contributed by atoms with E-state index in [1.165, 1.54) is 49.2 Å². The zero-order valence-electron chi connectivity index (χ0n) is 37.9. The van der Waals surface area contributed by atoms with Gasteiger partial charge in [0.1, 0.15) is 0 Å². The second kappa shape index (κ2) is 16.7. The number of benzene rings is 8. The summed E-state index contributed by atoms with van der Waals surface area (Å²) < 4.78 is 4.76. The maximum atomic E-state index is 5.37. The van der Waals surface area contributed by atoms with Crippen molar-refractivity contribution >= 4 is 55.2 Å². The van der Waals surface area contributed by atoms with Crippen molar-refractivity contribution in [3.05, 3.63) is 254 Å². The molecular formula is C63H44N6. The molecule has 0 spiro atoms. The Morgan fingerprint density at radius 3 is 1.36 bits per heavy atom. The molecule has 0 fully saturated rings. The molecule has 8 aromatic carbocycles. The Bertz CT molecular complexity index is 3930. The summed E-state index contributed by atoms with van der Waals surface area (Å²) in [5.41, 5.74) is 17.6. The third kappa shape index (κ3) is 7.04. The lowest BCUT2D eigenvalue weighted by Gasteiger charge is -2.28. The Hall–Kier alpha value is -9.00. The third-order valence-electron chi connectivity index (χ3n) is 13.8. The van der Waals surface area contributed by atoms with Gasteiger partial charge in [0.25, 0.3) is 0 Å². The first-order chi connectivity index (χ1) is 34.1. The van der Waals surface area contributed by atoms with E-state index in [0.29, 0.717) is 0 Å². The number of aliphatic imine (C=N–C) groups is 2. The van der Waals surface area contributed by atoms with E-state index in [9.17, 15) is 0 Å². The Balaban J connectivity index is 0.869. The number of hydrogen-bond donors (Lipinski definition) is 0. The first-order valence-electron chi connectivity index (χ1n) is 23.6. The van der Waals surface area contributed by atoms with E-state index in [1.54, 1.807) is 0 Å². The van der Waals surface area contributed by atoms with Gasteiger partial charge in [0.2, 0.25) is 0 Å². The molecule has 2 atom stereocenters. The van der Waals surface area contributed by atoms with E-state index in [4.69, 9.17) is 9.98 Å². The summed E-state index contributed by atoms with van der Waals surface area (Å²) in [7, 11) is 0. The fourth-order valence-electron chi connectivity index (χ4n) is 10.4. The minimum absolute atomic E-state index is 0.00820. The number of pyridine rings is 2. The molecule has 13 rings (SSSR count). The molecule has 0 amide bonds. The number of nitrogens with zero attached hydrogens (tertiary/aromatic N) is 6. The highest BCUT2D eigenvalue weighted by molar-refractivity contribution is 6.16. The molecule has 6 heteroatoms. The van der Waals surface area contributed by atoms with Crippen LogP contribution < -0.4 is 0 Å². The number of rotatable bonds is 8. The second-order valence-electron chi connectivity index (χ2n) is 17.9. The van der Waals surface area contributed by atoms with Crippen molar-refractivity contribution in [1.82, 2.24) is 19.1 Å². The summed E-state index contributed by atoms with van der Waals surface area (Å²) in [5, 5.41) is 4.93. The van der Waals surface area contributed by atoms with E-state index < -0.39 is 0 Å². The summed E-state index contributed by atoms with van der Waals surface area (Å²) in [6.45, 7) is 2.25. The van der Waals surface area contributed by atoms with Gasteiger partial charge in [-0.15, -0.1) is 0 Å². The highest BCUT2D eigenvalue weighted by Gasteiger charge is 2.30. The molecule has 326 valence electrons. The molecule has 0 bridgehead atoms. The first-order valence-corrected chi connectivity index (χ1v) is 23.6. The Morgan fingerprint density at radius 1 is 0.362 bits per heavy atom. The monoisotopic (exact) mass is 884 g/mol. The van der Waals surface area contributed by atoms with Crippen molar-refractivity contribution in [2.24, 2.45) is 15.9 Å². The van der Waals surface area contributed by atoms with E-state index in [1.807, 2.05) is 48.8 Å². The molecule has 0 saturated heterocycles. The number of para-hydroxylation sites is 3. The van der Waals surface area contributed by atoms with Gasteiger partial charge >= 0.3 is 0 Å². The van der Waals surface area contributed by atoms with E-state index >= 15 is 0 Å². The Morgan fingerprint density at radius 2 is 0.812 bits per heavy atom. The van der Waals surface area contributed by atoms with Gasteiger partial charge in [0, 0.05) is 67.9 Å². The molecule has 4 aromatic heterocycles. The fourth-order valence-corrected chi connectivity index (χ4v) is 10.4. The number of fused-ring (bicyclic) bond motifs is 6. The van der Waals surface area contributed by atoms with Gasteiger partial charge in [-0.3, -0.25) is 15.0 Å². The van der Waals surface area contributed by atoms with Crippen LogP contribution in [-0.4, -0.2) is 30.6 Å². The molecule has 0 saturated carbocycles. The van der Waals surface area contributed by atoms with Crippen LogP contribution in [0.3, 0.4) is 0 Å². The van der Waals surface area contributed by atoms with Crippen LogP contribution in [0.25, 0.3) is 88.6 Å². The third-order valence-corrected chi connectivity index (χ3v) is 13.8. The van der Waals surface area contributed by atoms with E-state index in [0.717, 1.165) is 67.6 Å². The van der Waals surface area contributed by atoms with Crippen LogP contribution in [0.1, 0.15) is 29.7 Å². The highest BCUT2D eigenvalue weighted by atomic mass is 15.0. The minimum atomic E-state index is -0.143. The molecule has 6 nitrogen and oxygen atoms in total. The molecule has 1 aliphatic heterocycles. The lowest BCUT2D eigenvalue weighted by molar-refractivity contribution is 0.592. The highest BCUT2D eigenvalue weighted by Crippen LogP contribution is 2.40. The average molecular weight is 885 g/mol. The molecule has 0 N–H and O–H groups in total. The van der Waals surface area contributed by atoms with Gasteiger partial charge in [-0.2, -0.15) is 0 Å². The van der Waals surface area contributed by atoms with Crippen LogP contribution in [0, 0.1) is 5.92 Å². The SMILES string of the molecule is CC1C(c2ccc(-n3c4ccccc4c4cc(-c5ccc6c(c5)c5ccccc5n6-c5ccccc5)ccc43)cc2)=NC(c2ccc(-c3ccccn3)cc2)=NC1c1ccc(-c2ccccn2)cc1. The smallest absolute Gasteiger partial charge is 0.155 e.